The predicted octanol–water partition coefficient (Wildman–Crippen LogP) is 2.73. The number of aromatic nitrogens is 2. The molecule has 0 saturated heterocycles. The Balaban J connectivity index is 3.56. The molecule has 16 heavy (non-hydrogen) atoms. The second kappa shape index (κ2) is 5.33. The molecule has 0 aliphatic carbocycles. The average molecular weight is 326 g/mol. The summed E-state index contributed by atoms with van der Waals surface area (Å²) in [6.45, 7) is 13.0. The third-order valence-electron chi connectivity index (χ3n) is 2.86. The van der Waals surface area contributed by atoms with E-state index < -0.39 is 12.8 Å². The van der Waals surface area contributed by atoms with Gasteiger partial charge in [0.05, 0.1) is 0 Å². The van der Waals surface area contributed by atoms with Crippen LogP contribution in [0, 0.1) is 13.8 Å². The normalized spacial score (nSPS) is 12.2. The molecule has 0 aliphatic rings. The van der Waals surface area contributed by atoms with E-state index in [2.05, 4.69) is 50.7 Å². The van der Waals surface area contributed by atoms with E-state index in [4.69, 9.17) is 19.9 Å². The second-order valence-electron chi connectivity index (χ2n) is 4.63. The molecule has 2 nitrogen and oxygen atoms in total. The summed E-state index contributed by atoms with van der Waals surface area (Å²) in [5.74, 6) is 0. The van der Waals surface area contributed by atoms with Gasteiger partial charge in [0.2, 0.25) is 0 Å². The third kappa shape index (κ3) is 2.44. The van der Waals surface area contributed by atoms with Crippen molar-refractivity contribution in [3.8, 4) is 0 Å². The van der Waals surface area contributed by atoms with Crippen molar-refractivity contribution < 1.29 is 4.57 Å². The van der Waals surface area contributed by atoms with Crippen molar-refractivity contribution in [2.24, 2.45) is 0 Å². The number of hydrogen-bond donors (Lipinski definition) is 0. The van der Waals surface area contributed by atoms with Crippen LogP contribution in [0.3, 0.4) is 0 Å². The first-order chi connectivity index (χ1) is 7.29. The Kier molecular flexibility index (Phi) is 4.80. The summed E-state index contributed by atoms with van der Waals surface area (Å²) >= 11 is -1.92. The SMILES string of the molecule is Cc1c(C)[n+](C(C)C)c([As](Cl)Cl)n1C(C)C. The Morgan fingerprint density at radius 2 is 1.62 bits per heavy atom. The molecule has 0 aliphatic heterocycles. The molecule has 0 aromatic carbocycles. The fourth-order valence-corrected chi connectivity index (χ4v) is 6.14. The quantitative estimate of drug-likeness (QED) is 0.597. The summed E-state index contributed by atoms with van der Waals surface area (Å²) in [4.78, 5) is 0. The summed E-state index contributed by atoms with van der Waals surface area (Å²) in [5, 5.41) is 0. The maximum atomic E-state index is 6.26. The van der Waals surface area contributed by atoms with E-state index in [-0.39, 0.29) is 0 Å². The van der Waals surface area contributed by atoms with Crippen LogP contribution >= 0.6 is 19.9 Å². The number of imidazole rings is 1. The van der Waals surface area contributed by atoms with Crippen LogP contribution in [0.2, 0.25) is 0 Å². The Bertz CT molecular complexity index is 352. The molecule has 0 saturated carbocycles. The van der Waals surface area contributed by atoms with Crippen LogP contribution in [0.15, 0.2) is 0 Å². The van der Waals surface area contributed by atoms with E-state index >= 15 is 0 Å². The Morgan fingerprint density at radius 1 is 1.12 bits per heavy atom. The zero-order valence-electron chi connectivity index (χ0n) is 10.8. The van der Waals surface area contributed by atoms with Crippen molar-refractivity contribution in [1.82, 2.24) is 4.57 Å². The second-order valence-corrected chi connectivity index (χ2v) is 10.9. The van der Waals surface area contributed by atoms with E-state index in [1.54, 1.807) is 0 Å². The monoisotopic (exact) mass is 325 g/mol. The van der Waals surface area contributed by atoms with Crippen LogP contribution in [-0.2, 0) is 0 Å². The molecule has 0 radical (unpaired) electrons. The number of hydrogen-bond acceptors (Lipinski definition) is 0. The van der Waals surface area contributed by atoms with Gasteiger partial charge in [-0.2, -0.15) is 0 Å². The first kappa shape index (κ1) is 14.4. The topological polar surface area (TPSA) is 8.81 Å². The van der Waals surface area contributed by atoms with E-state index in [1.165, 1.54) is 11.4 Å². The summed E-state index contributed by atoms with van der Waals surface area (Å²) in [6, 6.07) is 0.811. The van der Waals surface area contributed by atoms with Crippen LogP contribution < -0.4 is 9.18 Å². The van der Waals surface area contributed by atoms with Crippen LogP contribution in [0.4, 0.5) is 0 Å². The average Bonchev–Trinajstić information content (AvgIpc) is 2.39. The molecule has 1 rings (SSSR count). The van der Waals surface area contributed by atoms with E-state index in [0.29, 0.717) is 12.1 Å². The van der Waals surface area contributed by atoms with Crippen molar-refractivity contribution >= 4 is 37.3 Å². The van der Waals surface area contributed by atoms with Gasteiger partial charge in [-0.25, -0.2) is 0 Å². The van der Waals surface area contributed by atoms with Gasteiger partial charge in [-0.3, -0.25) is 0 Å². The van der Waals surface area contributed by atoms with Gasteiger partial charge in [0.15, 0.2) is 0 Å². The van der Waals surface area contributed by atoms with Gasteiger partial charge in [0.1, 0.15) is 0 Å². The molecule has 0 atom stereocenters. The van der Waals surface area contributed by atoms with Crippen molar-refractivity contribution in [3.05, 3.63) is 11.4 Å². The summed E-state index contributed by atoms with van der Waals surface area (Å²) in [5.41, 5.74) is 2.55. The van der Waals surface area contributed by atoms with E-state index in [0.717, 1.165) is 4.61 Å². The van der Waals surface area contributed by atoms with Gasteiger partial charge < -0.3 is 0 Å². The molecule has 1 heterocycles. The standard InChI is InChI=1S/C11H20AsCl2N2/c1-7(2)15-9(5)10(6)16(8(3)4)11(15)12(13)14/h7-8H,1-6H3/q+1. The van der Waals surface area contributed by atoms with Gasteiger partial charge >= 0.3 is 111 Å². The zero-order valence-corrected chi connectivity index (χ0v) is 14.1. The number of nitrogens with zero attached hydrogens (tertiary/aromatic N) is 2. The first-order valence-corrected chi connectivity index (χ1v) is 11.4. The number of rotatable bonds is 3. The van der Waals surface area contributed by atoms with E-state index in [1.807, 2.05) is 0 Å². The van der Waals surface area contributed by atoms with Gasteiger partial charge in [0, 0.05) is 0 Å². The van der Waals surface area contributed by atoms with Crippen LogP contribution in [0.25, 0.3) is 0 Å². The molecule has 92 valence electrons. The van der Waals surface area contributed by atoms with Crippen molar-refractivity contribution in [2.45, 2.75) is 53.6 Å². The Morgan fingerprint density at radius 3 is 1.94 bits per heavy atom. The summed E-state index contributed by atoms with van der Waals surface area (Å²) in [7, 11) is 12.5. The minimum atomic E-state index is -1.92. The van der Waals surface area contributed by atoms with Crippen LogP contribution in [0.1, 0.15) is 51.2 Å². The molecule has 0 N–H and O–H groups in total. The molecule has 0 unspecified atom stereocenters. The van der Waals surface area contributed by atoms with Gasteiger partial charge in [-0.15, -0.1) is 0 Å². The molecule has 0 fully saturated rings. The zero-order chi connectivity index (χ0) is 12.6. The Labute approximate surface area is 111 Å². The first-order valence-electron chi connectivity index (χ1n) is 5.53. The molecular formula is C11H20AsCl2N2+. The molecular weight excluding hydrogens is 306 g/mol. The fourth-order valence-electron chi connectivity index (χ4n) is 2.16. The predicted molar refractivity (Wildman–Crippen MR) is 72.0 cm³/mol. The van der Waals surface area contributed by atoms with Crippen molar-refractivity contribution in [3.63, 3.8) is 0 Å². The minimum absolute atomic E-state index is 0.406. The molecule has 0 spiro atoms. The molecule has 0 amide bonds. The number of halogens is 2. The summed E-state index contributed by atoms with van der Waals surface area (Å²) in [6.07, 6.45) is 0. The molecule has 1 aromatic rings. The fraction of sp³-hybridized carbons (Fsp3) is 0.727. The Hall–Kier alpha value is 0.348. The van der Waals surface area contributed by atoms with Crippen molar-refractivity contribution in [2.75, 3.05) is 0 Å². The summed E-state index contributed by atoms with van der Waals surface area (Å²) < 4.78 is 5.71. The van der Waals surface area contributed by atoms with Crippen molar-refractivity contribution in [1.29, 1.82) is 0 Å². The molecule has 0 bridgehead atoms. The third-order valence-corrected chi connectivity index (χ3v) is 5.97. The van der Waals surface area contributed by atoms with E-state index in [9.17, 15) is 0 Å². The van der Waals surface area contributed by atoms with Crippen LogP contribution in [-0.4, -0.2) is 17.3 Å². The molecule has 5 heteroatoms. The molecule has 1 aromatic heterocycles. The van der Waals surface area contributed by atoms with Gasteiger partial charge in [-0.1, -0.05) is 0 Å². The van der Waals surface area contributed by atoms with Crippen LogP contribution in [0.5, 0.6) is 0 Å². The van der Waals surface area contributed by atoms with Gasteiger partial charge in [-0.05, 0) is 0 Å². The van der Waals surface area contributed by atoms with Gasteiger partial charge in [0.25, 0.3) is 0 Å². The maximum absolute atomic E-state index is 6.26.